The fourth-order valence-corrected chi connectivity index (χ4v) is 6.21. The van der Waals surface area contributed by atoms with Crippen LogP contribution in [0.4, 0.5) is 0 Å². The SMILES string of the molecule is CC(C)CC(NC(=O)C(Cc1ccccc1)NC(=O)C1=CNCC=N1)B1OC(C)(CCCCCCNOC(=O)c2ccccc2)CN1C. The minimum atomic E-state index is -0.790. The molecule has 0 bridgehead atoms. The van der Waals surface area contributed by atoms with Crippen molar-refractivity contribution < 1.29 is 23.9 Å². The standard InChI is InChI=1S/C36H51BN6O5/c1-27(2)23-32(42-33(44)30(24-28-15-9-7-10-16-28)41-34(45)31-25-38-21-22-39-31)37-43(4)26-36(3,48-37)19-13-5-6-14-20-40-47-35(46)29-17-11-8-12-18-29/h7-12,15-18,22,25,27,30,32,38,40H,5-6,13-14,19-21,23-24,26H2,1-4H3,(H,41,45)(H,42,44). The van der Waals surface area contributed by atoms with Crippen LogP contribution in [0, 0.1) is 5.92 Å². The van der Waals surface area contributed by atoms with Gasteiger partial charge in [0, 0.05) is 38.5 Å². The summed E-state index contributed by atoms with van der Waals surface area (Å²) in [6, 6.07) is 17.8. The Hall–Kier alpha value is -4.00. The lowest BCUT2D eigenvalue weighted by molar-refractivity contribution is -0.127. The van der Waals surface area contributed by atoms with Gasteiger partial charge in [0.25, 0.3) is 5.91 Å². The number of aliphatic imine (C=N–C) groups is 1. The predicted octanol–water partition coefficient (Wildman–Crippen LogP) is 3.82. The van der Waals surface area contributed by atoms with Gasteiger partial charge < -0.3 is 30.3 Å². The summed E-state index contributed by atoms with van der Waals surface area (Å²) in [4.78, 5) is 50.5. The summed E-state index contributed by atoms with van der Waals surface area (Å²) in [5.41, 5.74) is 4.14. The molecule has 1 fully saturated rings. The highest BCUT2D eigenvalue weighted by Gasteiger charge is 2.47. The summed E-state index contributed by atoms with van der Waals surface area (Å²) in [6.45, 7) is 8.32. The van der Waals surface area contributed by atoms with E-state index in [1.807, 2.05) is 43.4 Å². The van der Waals surface area contributed by atoms with Crippen LogP contribution in [0.15, 0.2) is 77.6 Å². The van der Waals surface area contributed by atoms with Crippen molar-refractivity contribution in [1.29, 1.82) is 0 Å². The summed E-state index contributed by atoms with van der Waals surface area (Å²) >= 11 is 0. The molecular weight excluding hydrogens is 607 g/mol. The van der Waals surface area contributed by atoms with E-state index >= 15 is 0 Å². The van der Waals surface area contributed by atoms with Gasteiger partial charge in [0.15, 0.2) is 0 Å². The zero-order valence-corrected chi connectivity index (χ0v) is 28.7. The second kappa shape index (κ2) is 18.5. The molecule has 4 rings (SSSR count). The Morgan fingerprint density at radius 1 is 1.02 bits per heavy atom. The number of likely N-dealkylation sites (N-methyl/N-ethyl adjacent to an activating group) is 1. The Morgan fingerprint density at radius 3 is 2.42 bits per heavy atom. The fraction of sp³-hybridized carbons (Fsp3) is 0.500. The number of hydroxylamine groups is 1. The van der Waals surface area contributed by atoms with Gasteiger partial charge in [-0.05, 0) is 56.8 Å². The van der Waals surface area contributed by atoms with Gasteiger partial charge in [0.1, 0.15) is 11.7 Å². The smallest absolute Gasteiger partial charge is 0.406 e. The van der Waals surface area contributed by atoms with E-state index in [-0.39, 0.29) is 36.2 Å². The maximum Gasteiger partial charge on any atom is 0.406 e. The van der Waals surface area contributed by atoms with E-state index in [1.54, 1.807) is 36.7 Å². The van der Waals surface area contributed by atoms with E-state index in [0.29, 0.717) is 31.0 Å². The monoisotopic (exact) mass is 658 g/mol. The fourth-order valence-electron chi connectivity index (χ4n) is 6.21. The molecule has 2 aromatic rings. The van der Waals surface area contributed by atoms with Gasteiger partial charge in [0.05, 0.1) is 17.1 Å². The predicted molar refractivity (Wildman–Crippen MR) is 189 cm³/mol. The van der Waals surface area contributed by atoms with E-state index in [2.05, 4.69) is 52.0 Å². The van der Waals surface area contributed by atoms with Gasteiger partial charge in [-0.1, -0.05) is 81.6 Å². The number of nitrogens with zero attached hydrogens (tertiary/aromatic N) is 2. The third kappa shape index (κ3) is 11.6. The number of rotatable bonds is 18. The molecule has 3 atom stereocenters. The molecule has 3 unspecified atom stereocenters. The average molecular weight is 659 g/mol. The third-order valence-corrected chi connectivity index (χ3v) is 8.54. The number of nitrogens with one attached hydrogen (secondary N) is 4. The Bertz CT molecular complexity index is 1390. The Labute approximate surface area is 285 Å². The van der Waals surface area contributed by atoms with E-state index in [9.17, 15) is 14.4 Å². The van der Waals surface area contributed by atoms with Crippen LogP contribution in [-0.2, 0) is 25.5 Å². The highest BCUT2D eigenvalue weighted by molar-refractivity contribution is 6.51. The highest BCUT2D eigenvalue weighted by Crippen LogP contribution is 2.30. The van der Waals surface area contributed by atoms with Crippen molar-refractivity contribution >= 4 is 31.0 Å². The molecule has 12 heteroatoms. The van der Waals surface area contributed by atoms with Crippen LogP contribution >= 0.6 is 0 Å². The molecule has 1 saturated heterocycles. The summed E-state index contributed by atoms with van der Waals surface area (Å²) in [7, 11) is 1.74. The molecule has 0 aliphatic carbocycles. The molecule has 48 heavy (non-hydrogen) atoms. The number of amides is 2. The van der Waals surface area contributed by atoms with E-state index in [4.69, 9.17) is 9.49 Å². The number of carbonyl (C=O) groups excluding carboxylic acids is 3. The summed E-state index contributed by atoms with van der Waals surface area (Å²) < 4.78 is 6.73. The number of benzene rings is 2. The van der Waals surface area contributed by atoms with Crippen LogP contribution in [0.5, 0.6) is 0 Å². The molecule has 2 amide bonds. The molecule has 0 spiro atoms. The minimum absolute atomic E-state index is 0.239. The summed E-state index contributed by atoms with van der Waals surface area (Å²) in [5, 5.41) is 9.18. The molecule has 2 aliphatic heterocycles. The van der Waals surface area contributed by atoms with Crippen molar-refractivity contribution in [2.45, 2.75) is 83.3 Å². The van der Waals surface area contributed by atoms with Gasteiger partial charge in [-0.25, -0.2) is 4.79 Å². The first-order valence-electron chi connectivity index (χ1n) is 17.1. The first-order valence-corrected chi connectivity index (χ1v) is 17.1. The molecule has 11 nitrogen and oxygen atoms in total. The van der Waals surface area contributed by atoms with Gasteiger partial charge in [0.2, 0.25) is 5.91 Å². The molecule has 2 aliphatic rings. The normalized spacial score (nSPS) is 18.9. The van der Waals surface area contributed by atoms with Crippen LogP contribution in [-0.4, -0.2) is 80.1 Å². The second-order valence-corrected chi connectivity index (χ2v) is 13.4. The molecule has 0 aromatic heterocycles. The molecular formula is C36H51BN6O5. The minimum Gasteiger partial charge on any atom is -0.413 e. The maximum atomic E-state index is 13.9. The third-order valence-electron chi connectivity index (χ3n) is 8.54. The topological polar surface area (TPSA) is 133 Å². The molecule has 0 radical (unpaired) electrons. The van der Waals surface area contributed by atoms with Gasteiger partial charge in [-0.2, -0.15) is 5.48 Å². The Kier molecular flexibility index (Phi) is 14.2. The van der Waals surface area contributed by atoms with Gasteiger partial charge >= 0.3 is 13.0 Å². The van der Waals surface area contributed by atoms with Gasteiger partial charge in [-0.3, -0.25) is 14.6 Å². The lowest BCUT2D eigenvalue weighted by Gasteiger charge is -2.30. The Morgan fingerprint density at radius 2 is 1.73 bits per heavy atom. The van der Waals surface area contributed by atoms with Crippen molar-refractivity contribution in [2.24, 2.45) is 10.9 Å². The molecule has 4 N–H and O–H groups in total. The zero-order valence-electron chi connectivity index (χ0n) is 28.7. The van der Waals surface area contributed by atoms with E-state index < -0.39 is 11.9 Å². The lowest BCUT2D eigenvalue weighted by atomic mass is 9.68. The van der Waals surface area contributed by atoms with Gasteiger partial charge in [-0.15, -0.1) is 0 Å². The van der Waals surface area contributed by atoms with E-state index in [1.165, 1.54) is 0 Å². The summed E-state index contributed by atoms with van der Waals surface area (Å²) in [5.74, 6) is -0.985. The maximum absolute atomic E-state index is 13.9. The first-order chi connectivity index (χ1) is 23.1. The number of carbonyl (C=O) groups is 3. The second-order valence-electron chi connectivity index (χ2n) is 13.4. The van der Waals surface area contributed by atoms with Crippen molar-refractivity contribution in [3.8, 4) is 0 Å². The van der Waals surface area contributed by atoms with Crippen LogP contribution in [0.3, 0.4) is 0 Å². The number of unbranched alkanes of at least 4 members (excludes halogenated alkanes) is 3. The molecule has 258 valence electrons. The van der Waals surface area contributed by atoms with Crippen molar-refractivity contribution in [3.63, 3.8) is 0 Å². The van der Waals surface area contributed by atoms with Crippen molar-refractivity contribution in [1.82, 2.24) is 26.2 Å². The van der Waals surface area contributed by atoms with Crippen molar-refractivity contribution in [2.75, 3.05) is 26.7 Å². The summed E-state index contributed by atoms with van der Waals surface area (Å²) in [6.07, 6.45) is 9.10. The largest absolute Gasteiger partial charge is 0.413 e. The molecule has 2 aromatic carbocycles. The van der Waals surface area contributed by atoms with Crippen LogP contribution in [0.2, 0.25) is 0 Å². The molecule has 2 heterocycles. The number of hydrogen-bond acceptors (Lipinski definition) is 9. The van der Waals surface area contributed by atoms with Crippen molar-refractivity contribution in [3.05, 3.63) is 83.7 Å². The first kappa shape index (κ1) is 36.8. The number of hydrogen-bond donors (Lipinski definition) is 4. The van der Waals surface area contributed by atoms with Crippen LogP contribution in [0.1, 0.15) is 75.2 Å². The average Bonchev–Trinajstić information content (AvgIpc) is 3.39. The quantitative estimate of drug-likeness (QED) is 0.108. The lowest BCUT2D eigenvalue weighted by Crippen LogP contribution is -2.58. The van der Waals surface area contributed by atoms with E-state index in [0.717, 1.165) is 50.6 Å². The zero-order chi connectivity index (χ0) is 34.4. The Balaban J connectivity index is 1.28. The van der Waals surface area contributed by atoms with Crippen LogP contribution < -0.4 is 21.4 Å². The molecule has 0 saturated carbocycles. The van der Waals surface area contributed by atoms with Crippen LogP contribution in [0.25, 0.3) is 0 Å². The highest BCUT2D eigenvalue weighted by atomic mass is 16.7.